The molecule has 0 aliphatic heterocycles. The van der Waals surface area contributed by atoms with Crippen LogP contribution in [0.4, 0.5) is 5.69 Å². The van der Waals surface area contributed by atoms with Gasteiger partial charge in [0.25, 0.3) is 5.91 Å². The van der Waals surface area contributed by atoms with Crippen molar-refractivity contribution in [2.45, 2.75) is 50.5 Å². The van der Waals surface area contributed by atoms with Gasteiger partial charge in [-0.2, -0.15) is 5.26 Å². The maximum absolute atomic E-state index is 13.0. The standard InChI is InChI=1S/C22H26N2O4/c23-7-4-8-24(18-5-2-1-3-6-18)19(25)14-28-20(26)21-10-16-9-17(11-21)13-22(27,12-16)15-21/h1-3,5-6,16-17,27H,4,8-15H2/t16-,17+,21?,22?. The summed E-state index contributed by atoms with van der Waals surface area (Å²) in [5.41, 5.74) is -0.692. The van der Waals surface area contributed by atoms with Crippen LogP contribution in [0.3, 0.4) is 0 Å². The van der Waals surface area contributed by atoms with Crippen molar-refractivity contribution in [2.75, 3.05) is 18.1 Å². The largest absolute Gasteiger partial charge is 0.455 e. The van der Waals surface area contributed by atoms with Gasteiger partial charge in [-0.1, -0.05) is 18.2 Å². The van der Waals surface area contributed by atoms with Gasteiger partial charge in [0.05, 0.1) is 23.5 Å². The number of aliphatic hydroxyl groups is 1. The number of hydrogen-bond donors (Lipinski definition) is 1. The third-order valence-electron chi connectivity index (χ3n) is 6.61. The Morgan fingerprint density at radius 1 is 1.18 bits per heavy atom. The van der Waals surface area contributed by atoms with E-state index in [1.807, 2.05) is 18.2 Å². The van der Waals surface area contributed by atoms with Crippen LogP contribution < -0.4 is 4.90 Å². The lowest BCUT2D eigenvalue weighted by atomic mass is 9.48. The summed E-state index contributed by atoms with van der Waals surface area (Å²) in [7, 11) is 0. The van der Waals surface area contributed by atoms with E-state index in [2.05, 4.69) is 6.07 Å². The molecule has 4 fully saturated rings. The molecule has 0 saturated heterocycles. The van der Waals surface area contributed by atoms with E-state index in [0.717, 1.165) is 32.1 Å². The fraction of sp³-hybridized carbons (Fsp3) is 0.591. The maximum atomic E-state index is 13.0. The molecule has 0 aromatic heterocycles. The summed E-state index contributed by atoms with van der Waals surface area (Å²) >= 11 is 0. The van der Waals surface area contributed by atoms with Gasteiger partial charge < -0.3 is 14.7 Å². The highest BCUT2D eigenvalue weighted by Crippen LogP contribution is 2.61. The van der Waals surface area contributed by atoms with Crippen LogP contribution in [0.1, 0.15) is 44.9 Å². The molecule has 4 aliphatic rings. The first-order valence-corrected chi connectivity index (χ1v) is 10.1. The van der Waals surface area contributed by atoms with Gasteiger partial charge in [0.1, 0.15) is 0 Å². The molecular weight excluding hydrogens is 356 g/mol. The number of nitrogens with zero attached hydrogens (tertiary/aromatic N) is 2. The van der Waals surface area contributed by atoms with Crippen LogP contribution in [-0.2, 0) is 14.3 Å². The second-order valence-electron chi connectivity index (χ2n) is 8.83. The SMILES string of the molecule is N#CCCN(C(=O)COC(=O)C12C[C@@H]3C[C@@H](CC(O)(C3)C1)C2)c1ccccc1. The van der Waals surface area contributed by atoms with Crippen molar-refractivity contribution in [1.29, 1.82) is 5.26 Å². The quantitative estimate of drug-likeness (QED) is 0.764. The molecule has 28 heavy (non-hydrogen) atoms. The van der Waals surface area contributed by atoms with E-state index in [-0.39, 0.29) is 31.4 Å². The van der Waals surface area contributed by atoms with Crippen LogP contribution in [0.2, 0.25) is 0 Å². The van der Waals surface area contributed by atoms with E-state index in [1.165, 1.54) is 4.90 Å². The number of ether oxygens (including phenoxy) is 1. The van der Waals surface area contributed by atoms with E-state index in [9.17, 15) is 14.7 Å². The van der Waals surface area contributed by atoms with Gasteiger partial charge in [-0.3, -0.25) is 9.59 Å². The predicted molar refractivity (Wildman–Crippen MR) is 102 cm³/mol. The van der Waals surface area contributed by atoms with Crippen molar-refractivity contribution in [2.24, 2.45) is 17.3 Å². The number of anilines is 1. The van der Waals surface area contributed by atoms with E-state index < -0.39 is 11.0 Å². The zero-order chi connectivity index (χ0) is 19.8. The van der Waals surface area contributed by atoms with E-state index >= 15 is 0 Å². The van der Waals surface area contributed by atoms with Crippen LogP contribution in [0.5, 0.6) is 0 Å². The molecule has 0 spiro atoms. The van der Waals surface area contributed by atoms with Crippen molar-refractivity contribution < 1.29 is 19.4 Å². The zero-order valence-corrected chi connectivity index (χ0v) is 16.0. The molecule has 5 rings (SSSR count). The summed E-state index contributed by atoms with van der Waals surface area (Å²) in [6, 6.07) is 11.1. The molecule has 1 aromatic rings. The molecule has 1 amide bonds. The smallest absolute Gasteiger partial charge is 0.312 e. The lowest BCUT2D eigenvalue weighted by Gasteiger charge is -2.58. The van der Waals surface area contributed by atoms with Crippen LogP contribution in [-0.4, -0.2) is 35.7 Å². The molecule has 1 aromatic carbocycles. The van der Waals surface area contributed by atoms with E-state index in [4.69, 9.17) is 10.00 Å². The molecule has 6 heteroatoms. The number of hydrogen-bond acceptors (Lipinski definition) is 5. The molecule has 4 atom stereocenters. The Balaban J connectivity index is 1.42. The molecule has 4 aliphatic carbocycles. The van der Waals surface area contributed by atoms with E-state index in [0.29, 0.717) is 23.9 Å². The number of para-hydroxylation sites is 1. The number of esters is 1. The number of nitriles is 1. The third-order valence-corrected chi connectivity index (χ3v) is 6.61. The number of benzene rings is 1. The van der Waals surface area contributed by atoms with Gasteiger partial charge in [0.15, 0.2) is 6.61 Å². The van der Waals surface area contributed by atoms with Crippen molar-refractivity contribution in [3.63, 3.8) is 0 Å². The average molecular weight is 382 g/mol. The predicted octanol–water partition coefficient (Wildman–Crippen LogP) is 2.81. The molecule has 0 radical (unpaired) electrons. The summed E-state index contributed by atoms with van der Waals surface area (Å²) in [5.74, 6) is 0.0804. The molecule has 148 valence electrons. The fourth-order valence-electron chi connectivity index (χ4n) is 5.98. The van der Waals surface area contributed by atoms with E-state index in [1.54, 1.807) is 12.1 Å². The Bertz CT molecular complexity index is 787. The van der Waals surface area contributed by atoms with Gasteiger partial charge in [0, 0.05) is 12.2 Å². The monoisotopic (exact) mass is 382 g/mol. The highest BCUT2D eigenvalue weighted by atomic mass is 16.5. The summed E-state index contributed by atoms with van der Waals surface area (Å²) in [6.07, 6.45) is 4.84. The summed E-state index contributed by atoms with van der Waals surface area (Å²) < 4.78 is 5.49. The van der Waals surface area contributed by atoms with Crippen molar-refractivity contribution in [3.8, 4) is 6.07 Å². The van der Waals surface area contributed by atoms with Crippen molar-refractivity contribution >= 4 is 17.6 Å². The second-order valence-corrected chi connectivity index (χ2v) is 8.83. The van der Waals surface area contributed by atoms with Crippen LogP contribution in [0.25, 0.3) is 0 Å². The molecule has 4 saturated carbocycles. The first kappa shape index (κ1) is 18.9. The normalized spacial score (nSPS) is 32.6. The second kappa shape index (κ2) is 7.21. The highest BCUT2D eigenvalue weighted by molar-refractivity contribution is 5.95. The molecule has 1 N–H and O–H groups in total. The minimum absolute atomic E-state index is 0.203. The first-order valence-electron chi connectivity index (χ1n) is 10.1. The lowest BCUT2D eigenvalue weighted by molar-refractivity contribution is -0.196. The molecule has 2 unspecified atom stereocenters. The molecule has 0 heterocycles. The van der Waals surface area contributed by atoms with Gasteiger partial charge >= 0.3 is 5.97 Å². The van der Waals surface area contributed by atoms with Gasteiger partial charge in [-0.15, -0.1) is 0 Å². The minimum atomic E-state index is -0.740. The maximum Gasteiger partial charge on any atom is 0.312 e. The van der Waals surface area contributed by atoms with Gasteiger partial charge in [-0.05, 0) is 62.5 Å². The van der Waals surface area contributed by atoms with Gasteiger partial charge in [0.2, 0.25) is 0 Å². The Morgan fingerprint density at radius 2 is 1.86 bits per heavy atom. The fourth-order valence-corrected chi connectivity index (χ4v) is 5.98. The zero-order valence-electron chi connectivity index (χ0n) is 16.0. The van der Waals surface area contributed by atoms with Crippen molar-refractivity contribution in [3.05, 3.63) is 30.3 Å². The lowest BCUT2D eigenvalue weighted by Crippen LogP contribution is -2.58. The van der Waals surface area contributed by atoms with Crippen LogP contribution >= 0.6 is 0 Å². The van der Waals surface area contributed by atoms with Crippen LogP contribution in [0, 0.1) is 28.6 Å². The first-order chi connectivity index (χ1) is 13.4. The Labute approximate surface area is 165 Å². The minimum Gasteiger partial charge on any atom is -0.455 e. The Kier molecular flexibility index (Phi) is 4.88. The summed E-state index contributed by atoms with van der Waals surface area (Å²) in [5, 5.41) is 19.7. The number of carbonyl (C=O) groups excluding carboxylic acids is 2. The Morgan fingerprint density at radius 3 is 2.46 bits per heavy atom. The number of rotatable bonds is 6. The number of carbonyl (C=O) groups is 2. The van der Waals surface area contributed by atoms with Crippen LogP contribution in [0.15, 0.2) is 30.3 Å². The molecular formula is C22H26N2O4. The third kappa shape index (κ3) is 3.51. The molecule has 6 nitrogen and oxygen atoms in total. The molecule has 4 bridgehead atoms. The summed E-state index contributed by atoms with van der Waals surface area (Å²) in [4.78, 5) is 27.2. The van der Waals surface area contributed by atoms with Crippen molar-refractivity contribution in [1.82, 2.24) is 0 Å². The topological polar surface area (TPSA) is 90.6 Å². The number of amides is 1. The van der Waals surface area contributed by atoms with Gasteiger partial charge in [-0.25, -0.2) is 0 Å². The summed E-state index contributed by atoms with van der Waals surface area (Å²) in [6.45, 7) is -0.0827. The highest BCUT2D eigenvalue weighted by Gasteiger charge is 2.60. The average Bonchev–Trinajstić information content (AvgIpc) is 2.65. The Hall–Kier alpha value is -2.39.